The first kappa shape index (κ1) is 21.8. The molecular formula is C17H8F6N8O2. The molecule has 0 aliphatic heterocycles. The van der Waals surface area contributed by atoms with Crippen molar-refractivity contribution < 1.29 is 30.8 Å². The Labute approximate surface area is 178 Å². The first-order valence-corrected chi connectivity index (χ1v) is 8.65. The van der Waals surface area contributed by atoms with Gasteiger partial charge in [-0.2, -0.15) is 41.3 Å². The summed E-state index contributed by atoms with van der Waals surface area (Å²) in [5.74, 6) is -2.35. The number of pyridine rings is 2. The van der Waals surface area contributed by atoms with E-state index in [9.17, 15) is 31.1 Å². The van der Waals surface area contributed by atoms with E-state index in [-0.39, 0.29) is 11.4 Å². The van der Waals surface area contributed by atoms with Gasteiger partial charge in [0.05, 0.1) is 0 Å². The fraction of sp³-hybridized carbons (Fsp3) is 0.118. The Morgan fingerprint density at radius 2 is 1.67 bits per heavy atom. The second kappa shape index (κ2) is 7.95. The molecule has 0 unspecified atom stereocenters. The smallest absolute Gasteiger partial charge is 0.395 e. The number of alkyl halides is 6. The van der Waals surface area contributed by atoms with Gasteiger partial charge in [0, 0.05) is 11.9 Å². The lowest BCUT2D eigenvalue weighted by Crippen LogP contribution is -2.18. The van der Waals surface area contributed by atoms with Crippen molar-refractivity contribution in [2.75, 3.05) is 5.32 Å². The molecular weight excluding hydrogens is 462 g/mol. The van der Waals surface area contributed by atoms with Crippen LogP contribution >= 0.6 is 0 Å². The summed E-state index contributed by atoms with van der Waals surface area (Å²) in [7, 11) is 0. The lowest BCUT2D eigenvalue weighted by Gasteiger charge is -2.11. The van der Waals surface area contributed by atoms with E-state index in [1.54, 1.807) is 0 Å². The van der Waals surface area contributed by atoms with Gasteiger partial charge in [-0.05, 0) is 24.3 Å². The molecule has 0 fully saturated rings. The number of anilines is 2. The van der Waals surface area contributed by atoms with Gasteiger partial charge in [-0.25, -0.2) is 9.78 Å². The van der Waals surface area contributed by atoms with E-state index < -0.39 is 47.2 Å². The number of hydrogen-bond acceptors (Lipinski definition) is 9. The van der Waals surface area contributed by atoms with Crippen LogP contribution in [-0.2, 0) is 12.4 Å². The standard InChI is InChI=1S/C17H8F6N8O2/c18-16(19,20)10-3-1-2-9(27-10)12-28-13(30-14(29-12)31-15(32)33-7-25-31)26-8-4-5-24-11(6-8)17(21,22)23/h1-7H,(H,24,26,28,29,30). The Kier molecular flexibility index (Phi) is 5.27. The lowest BCUT2D eigenvalue weighted by atomic mass is 10.3. The van der Waals surface area contributed by atoms with Gasteiger partial charge in [0.15, 0.2) is 5.82 Å². The Hall–Kier alpha value is -4.37. The van der Waals surface area contributed by atoms with Crippen molar-refractivity contribution in [2.45, 2.75) is 12.4 Å². The topological polar surface area (TPSA) is 125 Å². The maximum Gasteiger partial charge on any atom is 0.444 e. The molecule has 16 heteroatoms. The highest BCUT2D eigenvalue weighted by Crippen LogP contribution is 2.30. The molecule has 0 saturated carbocycles. The lowest BCUT2D eigenvalue weighted by molar-refractivity contribution is -0.141. The zero-order chi connectivity index (χ0) is 23.8. The number of halogens is 6. The van der Waals surface area contributed by atoms with E-state index in [4.69, 9.17) is 0 Å². The first-order chi connectivity index (χ1) is 15.5. The predicted octanol–water partition coefficient (Wildman–Crippen LogP) is 3.25. The van der Waals surface area contributed by atoms with Crippen LogP contribution in [0.15, 0.2) is 52.1 Å². The fourth-order valence-corrected chi connectivity index (χ4v) is 2.49. The van der Waals surface area contributed by atoms with Crippen LogP contribution in [0, 0.1) is 0 Å². The van der Waals surface area contributed by atoms with E-state index >= 15 is 0 Å². The highest BCUT2D eigenvalue weighted by Gasteiger charge is 2.33. The van der Waals surface area contributed by atoms with E-state index in [0.717, 1.165) is 30.8 Å². The summed E-state index contributed by atoms with van der Waals surface area (Å²) in [6.07, 6.45) is -7.85. The normalized spacial score (nSPS) is 12.1. The number of aromatic nitrogens is 7. The molecule has 4 heterocycles. The average Bonchev–Trinajstić information content (AvgIpc) is 3.18. The van der Waals surface area contributed by atoms with Crippen molar-refractivity contribution in [3.63, 3.8) is 0 Å². The van der Waals surface area contributed by atoms with E-state index in [2.05, 4.69) is 39.8 Å². The summed E-state index contributed by atoms with van der Waals surface area (Å²) in [5.41, 5.74) is -2.95. The van der Waals surface area contributed by atoms with Gasteiger partial charge >= 0.3 is 18.1 Å². The summed E-state index contributed by atoms with van der Waals surface area (Å²) in [4.78, 5) is 30.1. The molecule has 0 saturated heterocycles. The monoisotopic (exact) mass is 470 g/mol. The molecule has 0 radical (unpaired) electrons. The zero-order valence-electron chi connectivity index (χ0n) is 15.8. The number of hydrogen-bond donors (Lipinski definition) is 1. The molecule has 0 atom stereocenters. The van der Waals surface area contributed by atoms with E-state index in [1.807, 2.05) is 0 Å². The molecule has 0 spiro atoms. The summed E-state index contributed by atoms with van der Waals surface area (Å²) in [6, 6.07) is 4.78. The van der Waals surface area contributed by atoms with Crippen LogP contribution in [0.1, 0.15) is 11.4 Å². The van der Waals surface area contributed by atoms with Crippen LogP contribution < -0.4 is 11.1 Å². The Morgan fingerprint density at radius 1 is 0.909 bits per heavy atom. The van der Waals surface area contributed by atoms with Gasteiger partial charge < -0.3 is 9.73 Å². The van der Waals surface area contributed by atoms with Gasteiger partial charge in [-0.1, -0.05) is 6.07 Å². The molecule has 4 rings (SSSR count). The first-order valence-electron chi connectivity index (χ1n) is 8.65. The molecule has 1 N–H and O–H groups in total. The molecule has 0 amide bonds. The Balaban J connectivity index is 1.82. The minimum absolute atomic E-state index is 0.148. The van der Waals surface area contributed by atoms with Gasteiger partial charge in [0.25, 0.3) is 5.95 Å². The van der Waals surface area contributed by atoms with Crippen molar-refractivity contribution in [1.29, 1.82) is 0 Å². The highest BCUT2D eigenvalue weighted by atomic mass is 19.4. The number of nitrogens with one attached hydrogen (secondary N) is 1. The second-order valence-electron chi connectivity index (χ2n) is 6.16. The molecule has 0 aliphatic rings. The Bertz CT molecular complexity index is 1360. The third kappa shape index (κ3) is 4.78. The van der Waals surface area contributed by atoms with Gasteiger partial charge in [0.2, 0.25) is 12.3 Å². The van der Waals surface area contributed by atoms with Gasteiger partial charge in [-0.3, -0.25) is 4.98 Å². The summed E-state index contributed by atoms with van der Waals surface area (Å²) in [5, 5.41) is 6.04. The van der Waals surface area contributed by atoms with Crippen LogP contribution in [0.4, 0.5) is 38.0 Å². The van der Waals surface area contributed by atoms with Gasteiger partial charge in [0.1, 0.15) is 17.1 Å². The van der Waals surface area contributed by atoms with Crippen LogP contribution in [0.5, 0.6) is 0 Å². The molecule has 4 aromatic heterocycles. The number of rotatable bonds is 4. The Morgan fingerprint density at radius 3 is 2.33 bits per heavy atom. The van der Waals surface area contributed by atoms with Crippen molar-refractivity contribution in [2.24, 2.45) is 0 Å². The zero-order valence-corrected chi connectivity index (χ0v) is 15.8. The van der Waals surface area contributed by atoms with Crippen molar-refractivity contribution in [3.05, 3.63) is 64.9 Å². The SMILES string of the molecule is O=c1ocnn1-c1nc(Nc2ccnc(C(F)(F)F)c2)nc(-c2cccc(C(F)(F)F)n2)n1. The van der Waals surface area contributed by atoms with E-state index in [0.29, 0.717) is 10.7 Å². The molecule has 4 aromatic rings. The molecule has 0 aliphatic carbocycles. The van der Waals surface area contributed by atoms with E-state index in [1.165, 1.54) is 6.07 Å². The summed E-state index contributed by atoms with van der Waals surface area (Å²) >= 11 is 0. The molecule has 10 nitrogen and oxygen atoms in total. The van der Waals surface area contributed by atoms with Crippen LogP contribution in [0.2, 0.25) is 0 Å². The third-order valence-electron chi connectivity index (χ3n) is 3.88. The predicted molar refractivity (Wildman–Crippen MR) is 96.2 cm³/mol. The largest absolute Gasteiger partial charge is 0.444 e. The average molecular weight is 470 g/mol. The summed E-state index contributed by atoms with van der Waals surface area (Å²) < 4.78 is 83.0. The van der Waals surface area contributed by atoms with Crippen LogP contribution in [0.25, 0.3) is 17.5 Å². The second-order valence-corrected chi connectivity index (χ2v) is 6.16. The molecule has 0 aromatic carbocycles. The van der Waals surface area contributed by atoms with Crippen LogP contribution in [-0.4, -0.2) is 34.7 Å². The fourth-order valence-electron chi connectivity index (χ4n) is 2.49. The van der Waals surface area contributed by atoms with Gasteiger partial charge in [-0.15, -0.1) is 9.78 Å². The van der Waals surface area contributed by atoms with Crippen molar-refractivity contribution in [3.8, 4) is 17.5 Å². The number of nitrogens with zero attached hydrogens (tertiary/aromatic N) is 7. The maximum absolute atomic E-state index is 13.0. The highest BCUT2D eigenvalue weighted by molar-refractivity contribution is 5.58. The van der Waals surface area contributed by atoms with Crippen molar-refractivity contribution >= 4 is 11.6 Å². The molecule has 170 valence electrons. The summed E-state index contributed by atoms with van der Waals surface area (Å²) in [6.45, 7) is 0. The molecule has 33 heavy (non-hydrogen) atoms. The maximum atomic E-state index is 13.0. The minimum Gasteiger partial charge on any atom is -0.395 e. The van der Waals surface area contributed by atoms with Crippen LogP contribution in [0.3, 0.4) is 0 Å². The minimum atomic E-state index is -4.76. The quantitative estimate of drug-likeness (QED) is 0.448. The molecule has 0 bridgehead atoms. The third-order valence-corrected chi connectivity index (χ3v) is 3.88. The van der Waals surface area contributed by atoms with Crippen molar-refractivity contribution in [1.82, 2.24) is 34.7 Å².